The number of esters is 1. The molecule has 2 heterocycles. The Morgan fingerprint density at radius 1 is 1.17 bits per heavy atom. The fraction of sp³-hybridized carbons (Fsp3) is 0.481. The molecule has 1 saturated heterocycles. The molecule has 2 fully saturated rings. The fourth-order valence-corrected chi connectivity index (χ4v) is 4.84. The van der Waals surface area contributed by atoms with Crippen molar-refractivity contribution in [3.63, 3.8) is 0 Å². The van der Waals surface area contributed by atoms with Crippen molar-refractivity contribution in [2.75, 3.05) is 11.4 Å². The maximum atomic E-state index is 15.2. The van der Waals surface area contributed by atoms with Crippen molar-refractivity contribution >= 4 is 30.1 Å². The molecule has 1 amide bonds. The van der Waals surface area contributed by atoms with Crippen molar-refractivity contribution in [3.8, 4) is 0 Å². The molecule has 2 aromatic carbocycles. The summed E-state index contributed by atoms with van der Waals surface area (Å²) in [6.07, 6.45) is 2.69. The predicted octanol–water partition coefficient (Wildman–Crippen LogP) is 4.27. The van der Waals surface area contributed by atoms with Crippen LogP contribution in [-0.2, 0) is 31.9 Å². The first kappa shape index (κ1) is 24.0. The van der Waals surface area contributed by atoms with Crippen LogP contribution >= 0.6 is 0 Å². The Morgan fingerprint density at radius 3 is 2.49 bits per heavy atom. The Bertz CT molecular complexity index is 1190. The maximum absolute atomic E-state index is 15.2. The minimum absolute atomic E-state index is 0.0509. The third-order valence-corrected chi connectivity index (χ3v) is 7.71. The Morgan fingerprint density at radius 2 is 1.86 bits per heavy atom. The molecule has 0 spiro atoms. The molecule has 184 valence electrons. The number of fused-ring (bicyclic) bond motifs is 1. The normalized spacial score (nSPS) is 20.7. The van der Waals surface area contributed by atoms with E-state index in [1.807, 2.05) is 45.9 Å². The minimum Gasteiger partial charge on any atom is -0.461 e. The highest BCUT2D eigenvalue weighted by Crippen LogP contribution is 2.42. The van der Waals surface area contributed by atoms with Crippen LogP contribution in [0.3, 0.4) is 0 Å². The third kappa shape index (κ3) is 4.27. The van der Waals surface area contributed by atoms with Gasteiger partial charge >= 0.3 is 13.1 Å². The number of amides is 1. The monoisotopic (exact) mass is 479 g/mol. The number of carbonyl (C=O) groups excluding carboxylic acids is 2. The van der Waals surface area contributed by atoms with Gasteiger partial charge in [-0.25, -0.2) is 4.39 Å². The van der Waals surface area contributed by atoms with Crippen molar-refractivity contribution in [2.45, 2.75) is 77.6 Å². The van der Waals surface area contributed by atoms with E-state index in [1.165, 1.54) is 13.0 Å². The number of benzene rings is 2. The molecule has 0 atom stereocenters. The topological polar surface area (TPSA) is 65.1 Å². The molecule has 2 aliphatic heterocycles. The van der Waals surface area contributed by atoms with E-state index in [0.717, 1.165) is 24.0 Å². The second-order valence-corrected chi connectivity index (χ2v) is 10.7. The molecule has 35 heavy (non-hydrogen) atoms. The van der Waals surface area contributed by atoms with Crippen LogP contribution in [0, 0.1) is 5.82 Å². The molecule has 6 nitrogen and oxygen atoms in total. The van der Waals surface area contributed by atoms with Gasteiger partial charge in [0.15, 0.2) is 0 Å². The summed E-state index contributed by atoms with van der Waals surface area (Å²) in [5, 5.41) is 0. The Kier molecular flexibility index (Phi) is 5.80. The zero-order valence-electron chi connectivity index (χ0n) is 20.9. The second-order valence-electron chi connectivity index (χ2n) is 10.7. The van der Waals surface area contributed by atoms with Gasteiger partial charge in [0.25, 0.3) is 5.91 Å². The van der Waals surface area contributed by atoms with Crippen LogP contribution in [0.1, 0.15) is 80.4 Å². The van der Waals surface area contributed by atoms with Gasteiger partial charge in [-0.1, -0.05) is 18.2 Å². The highest BCUT2D eigenvalue weighted by molar-refractivity contribution is 6.62. The Labute approximate surface area is 205 Å². The van der Waals surface area contributed by atoms with Crippen LogP contribution in [0.25, 0.3) is 0 Å². The molecule has 3 aliphatic rings. The molecule has 0 radical (unpaired) electrons. The molecular weight excluding hydrogens is 448 g/mol. The van der Waals surface area contributed by atoms with Crippen molar-refractivity contribution in [2.24, 2.45) is 0 Å². The van der Waals surface area contributed by atoms with Gasteiger partial charge in [0.2, 0.25) is 0 Å². The zero-order valence-corrected chi connectivity index (χ0v) is 20.9. The third-order valence-electron chi connectivity index (χ3n) is 7.71. The number of rotatable bonds is 5. The maximum Gasteiger partial charge on any atom is 0.495 e. The first-order valence-electron chi connectivity index (χ1n) is 12.2. The standard InChI is InChI=1S/C27H31BFNO5/c1-16(31)33-15-20-21(28-34-26(2,3)27(4,5)35-28)7-6-8-23(20)30-12-11-18-13-19(17-9-10-17)14-22(29)24(18)25(30)32/h6-8,13-14,17H,9-12,15H2,1-5H3. The Balaban J connectivity index is 1.54. The average molecular weight is 479 g/mol. The highest BCUT2D eigenvalue weighted by atomic mass is 19.1. The largest absolute Gasteiger partial charge is 0.495 e. The van der Waals surface area contributed by atoms with Gasteiger partial charge in [0.1, 0.15) is 12.4 Å². The smallest absolute Gasteiger partial charge is 0.461 e. The van der Waals surface area contributed by atoms with Crippen LogP contribution in [-0.4, -0.2) is 36.7 Å². The molecule has 1 aliphatic carbocycles. The molecule has 0 bridgehead atoms. The van der Waals surface area contributed by atoms with E-state index < -0.39 is 30.1 Å². The number of halogens is 1. The number of hydrogen-bond acceptors (Lipinski definition) is 5. The fourth-order valence-electron chi connectivity index (χ4n) is 4.84. The van der Waals surface area contributed by atoms with Gasteiger partial charge in [0.05, 0.1) is 22.5 Å². The molecule has 8 heteroatoms. The first-order valence-corrected chi connectivity index (χ1v) is 12.2. The van der Waals surface area contributed by atoms with E-state index in [2.05, 4.69) is 0 Å². The highest BCUT2D eigenvalue weighted by Gasteiger charge is 2.52. The van der Waals surface area contributed by atoms with E-state index in [9.17, 15) is 9.59 Å². The van der Waals surface area contributed by atoms with Crippen molar-refractivity contribution in [3.05, 3.63) is 58.4 Å². The lowest BCUT2D eigenvalue weighted by Crippen LogP contribution is -2.42. The average Bonchev–Trinajstić information content (AvgIpc) is 3.59. The van der Waals surface area contributed by atoms with Crippen LogP contribution in [0.4, 0.5) is 10.1 Å². The Hall–Kier alpha value is -2.71. The van der Waals surface area contributed by atoms with E-state index >= 15 is 4.39 Å². The lowest BCUT2D eigenvalue weighted by Gasteiger charge is -2.32. The summed E-state index contributed by atoms with van der Waals surface area (Å²) in [7, 11) is -0.699. The van der Waals surface area contributed by atoms with Crippen LogP contribution < -0.4 is 10.4 Å². The number of nitrogens with zero attached hydrogens (tertiary/aromatic N) is 1. The van der Waals surface area contributed by atoms with Crippen LogP contribution in [0.2, 0.25) is 0 Å². The quantitative estimate of drug-likeness (QED) is 0.474. The molecule has 5 rings (SSSR count). The molecule has 0 aromatic heterocycles. The summed E-state index contributed by atoms with van der Waals surface area (Å²) in [5.74, 6) is -0.882. The van der Waals surface area contributed by atoms with Crippen molar-refractivity contribution in [1.82, 2.24) is 0 Å². The summed E-state index contributed by atoms with van der Waals surface area (Å²) in [6, 6.07) is 8.98. The lowest BCUT2D eigenvalue weighted by atomic mass is 9.75. The molecule has 0 N–H and O–H groups in total. The SMILES string of the molecule is CC(=O)OCc1c(B2OC(C)(C)C(C)(C)O2)cccc1N1CCc2cc(C3CC3)cc(F)c2C1=O. The molecular formula is C27H31BFNO5. The summed E-state index contributed by atoms with van der Waals surface area (Å²) in [5.41, 5.74) is 2.62. The molecule has 2 aromatic rings. The first-order chi connectivity index (χ1) is 16.5. The number of anilines is 1. The van der Waals surface area contributed by atoms with Gasteiger partial charge in [-0.15, -0.1) is 0 Å². The predicted molar refractivity (Wildman–Crippen MR) is 131 cm³/mol. The minimum atomic E-state index is -0.699. The summed E-state index contributed by atoms with van der Waals surface area (Å²) >= 11 is 0. The van der Waals surface area contributed by atoms with Gasteiger partial charge in [-0.05, 0) is 81.6 Å². The zero-order chi connectivity index (χ0) is 25.1. The van der Waals surface area contributed by atoms with Crippen LogP contribution in [0.5, 0.6) is 0 Å². The summed E-state index contributed by atoms with van der Waals surface area (Å²) in [4.78, 5) is 26.9. The van der Waals surface area contributed by atoms with E-state index in [-0.39, 0.29) is 18.1 Å². The van der Waals surface area contributed by atoms with Crippen molar-refractivity contribution in [1.29, 1.82) is 0 Å². The van der Waals surface area contributed by atoms with Gasteiger partial charge in [-0.3, -0.25) is 9.59 Å². The van der Waals surface area contributed by atoms with Crippen LogP contribution in [0.15, 0.2) is 30.3 Å². The summed E-state index contributed by atoms with van der Waals surface area (Å²) in [6.45, 7) is 9.55. The number of carbonyl (C=O) groups is 2. The van der Waals surface area contributed by atoms with E-state index in [4.69, 9.17) is 14.0 Å². The van der Waals surface area contributed by atoms with Gasteiger partial charge in [0, 0.05) is 19.0 Å². The molecule has 1 saturated carbocycles. The van der Waals surface area contributed by atoms with Gasteiger partial charge < -0.3 is 18.9 Å². The number of hydrogen-bond donors (Lipinski definition) is 0. The lowest BCUT2D eigenvalue weighted by molar-refractivity contribution is -0.142. The number of ether oxygens (including phenoxy) is 1. The summed E-state index contributed by atoms with van der Waals surface area (Å²) < 4.78 is 33.0. The second kappa shape index (κ2) is 8.45. The van der Waals surface area contributed by atoms with Gasteiger partial charge in [-0.2, -0.15) is 0 Å². The molecule has 0 unspecified atom stereocenters. The van der Waals surface area contributed by atoms with E-state index in [0.29, 0.717) is 35.6 Å². The van der Waals surface area contributed by atoms with E-state index in [1.54, 1.807) is 11.0 Å². The van der Waals surface area contributed by atoms with Crippen molar-refractivity contribution < 1.29 is 28.0 Å².